The maximum absolute atomic E-state index is 5.95. The molecule has 0 bridgehead atoms. The van der Waals surface area contributed by atoms with Gasteiger partial charge in [0, 0.05) is 12.6 Å². The van der Waals surface area contributed by atoms with E-state index in [-0.39, 0.29) is 6.04 Å². The van der Waals surface area contributed by atoms with E-state index in [1.165, 1.54) is 0 Å². The van der Waals surface area contributed by atoms with Crippen LogP contribution in [-0.2, 0) is 4.74 Å². The lowest BCUT2D eigenvalue weighted by Crippen LogP contribution is -2.14. The molecule has 1 aliphatic heterocycles. The highest BCUT2D eigenvalue weighted by atomic mass is 35.5. The first-order chi connectivity index (χ1) is 6.77. The molecule has 2 heterocycles. The molecule has 0 fully saturated rings. The van der Waals surface area contributed by atoms with Crippen LogP contribution in [0.2, 0.25) is 5.02 Å². The molecule has 0 spiro atoms. The van der Waals surface area contributed by atoms with Gasteiger partial charge in [-0.15, -0.1) is 0 Å². The molecule has 74 valence electrons. The topological polar surface area (TPSA) is 48.1 Å². The number of pyridine rings is 1. The molecule has 0 amide bonds. The molecule has 1 atom stereocenters. The molecule has 4 heteroatoms. The Morgan fingerprint density at radius 1 is 1.50 bits per heavy atom. The highest BCUT2D eigenvalue weighted by Crippen LogP contribution is 2.23. The highest BCUT2D eigenvalue weighted by Gasteiger charge is 2.17. The van der Waals surface area contributed by atoms with E-state index < -0.39 is 0 Å². The van der Waals surface area contributed by atoms with Crippen molar-refractivity contribution in [2.75, 3.05) is 6.61 Å². The summed E-state index contributed by atoms with van der Waals surface area (Å²) < 4.78 is 5.36. The fourth-order valence-electron chi connectivity index (χ4n) is 1.37. The SMILES string of the molecule is NC(C1=CCCO1)c1ccc(Cl)cn1. The highest BCUT2D eigenvalue weighted by molar-refractivity contribution is 6.30. The number of aromatic nitrogens is 1. The number of hydrogen-bond donors (Lipinski definition) is 1. The molecule has 0 saturated heterocycles. The van der Waals surface area contributed by atoms with Crippen LogP contribution in [0.3, 0.4) is 0 Å². The van der Waals surface area contributed by atoms with E-state index >= 15 is 0 Å². The van der Waals surface area contributed by atoms with Crippen molar-refractivity contribution in [2.45, 2.75) is 12.5 Å². The quantitative estimate of drug-likeness (QED) is 0.813. The summed E-state index contributed by atoms with van der Waals surface area (Å²) in [5, 5.41) is 0.613. The number of ether oxygens (including phenoxy) is 1. The van der Waals surface area contributed by atoms with Gasteiger partial charge < -0.3 is 10.5 Å². The zero-order valence-electron chi connectivity index (χ0n) is 7.61. The van der Waals surface area contributed by atoms with Crippen LogP contribution in [0.5, 0.6) is 0 Å². The lowest BCUT2D eigenvalue weighted by Gasteiger charge is -2.12. The summed E-state index contributed by atoms with van der Waals surface area (Å²) in [4.78, 5) is 4.14. The minimum absolute atomic E-state index is 0.269. The molecule has 0 saturated carbocycles. The normalized spacial score (nSPS) is 17.4. The van der Waals surface area contributed by atoms with Gasteiger partial charge in [-0.3, -0.25) is 4.98 Å². The smallest absolute Gasteiger partial charge is 0.115 e. The molecule has 1 unspecified atom stereocenters. The van der Waals surface area contributed by atoms with Gasteiger partial charge in [0.25, 0.3) is 0 Å². The first-order valence-corrected chi connectivity index (χ1v) is 4.85. The van der Waals surface area contributed by atoms with E-state index in [4.69, 9.17) is 22.1 Å². The molecule has 1 aromatic rings. The third-order valence-corrected chi connectivity index (χ3v) is 2.33. The van der Waals surface area contributed by atoms with Gasteiger partial charge in [-0.05, 0) is 18.2 Å². The second-order valence-electron chi connectivity index (χ2n) is 3.12. The number of nitrogens with two attached hydrogens (primary N) is 1. The monoisotopic (exact) mass is 210 g/mol. The molecule has 1 aliphatic rings. The van der Waals surface area contributed by atoms with Crippen LogP contribution in [0.15, 0.2) is 30.2 Å². The van der Waals surface area contributed by atoms with Crippen LogP contribution in [0.1, 0.15) is 18.2 Å². The Bertz CT molecular complexity index is 348. The Kier molecular flexibility index (Phi) is 2.70. The summed E-state index contributed by atoms with van der Waals surface area (Å²) >= 11 is 5.73. The van der Waals surface area contributed by atoms with Crippen LogP contribution in [-0.4, -0.2) is 11.6 Å². The van der Waals surface area contributed by atoms with Crippen molar-refractivity contribution in [3.05, 3.63) is 40.9 Å². The Labute approximate surface area is 87.5 Å². The first-order valence-electron chi connectivity index (χ1n) is 4.47. The second kappa shape index (κ2) is 3.98. The van der Waals surface area contributed by atoms with E-state index in [0.29, 0.717) is 5.02 Å². The summed E-state index contributed by atoms with van der Waals surface area (Å²) in [7, 11) is 0. The molecule has 14 heavy (non-hydrogen) atoms. The molecule has 3 nitrogen and oxygen atoms in total. The van der Waals surface area contributed by atoms with E-state index in [0.717, 1.165) is 24.5 Å². The third-order valence-electron chi connectivity index (χ3n) is 2.11. The summed E-state index contributed by atoms with van der Waals surface area (Å²) in [6, 6.07) is 3.32. The molecule has 1 aromatic heterocycles. The Morgan fingerprint density at radius 3 is 2.93 bits per heavy atom. The maximum Gasteiger partial charge on any atom is 0.115 e. The van der Waals surface area contributed by atoms with Crippen LogP contribution in [0.25, 0.3) is 0 Å². The van der Waals surface area contributed by atoms with Crippen LogP contribution in [0, 0.1) is 0 Å². The lowest BCUT2D eigenvalue weighted by atomic mass is 10.1. The molecule has 0 aromatic carbocycles. The molecule has 2 rings (SSSR count). The minimum atomic E-state index is -0.269. The largest absolute Gasteiger partial charge is 0.496 e. The Hall–Kier alpha value is -1.06. The number of hydrogen-bond acceptors (Lipinski definition) is 3. The van der Waals surface area contributed by atoms with Gasteiger partial charge in [0.1, 0.15) is 11.8 Å². The van der Waals surface area contributed by atoms with Gasteiger partial charge in [-0.1, -0.05) is 11.6 Å². The molecule has 0 radical (unpaired) electrons. The van der Waals surface area contributed by atoms with Crippen molar-refractivity contribution < 1.29 is 4.74 Å². The van der Waals surface area contributed by atoms with Gasteiger partial charge >= 0.3 is 0 Å². The second-order valence-corrected chi connectivity index (χ2v) is 3.56. The molecular formula is C10H11ClN2O. The lowest BCUT2D eigenvalue weighted by molar-refractivity contribution is 0.224. The van der Waals surface area contributed by atoms with Gasteiger partial charge in [0.15, 0.2) is 0 Å². The van der Waals surface area contributed by atoms with E-state index in [1.807, 2.05) is 12.1 Å². The fraction of sp³-hybridized carbons (Fsp3) is 0.300. The Balaban J connectivity index is 2.18. The van der Waals surface area contributed by atoms with Gasteiger partial charge in [0.05, 0.1) is 17.3 Å². The summed E-state index contributed by atoms with van der Waals surface area (Å²) in [6.45, 7) is 0.719. The average molecular weight is 211 g/mol. The standard InChI is InChI=1S/C10H11ClN2O/c11-7-3-4-8(13-6-7)10(12)9-2-1-5-14-9/h2-4,6,10H,1,5,12H2. The van der Waals surface area contributed by atoms with Crippen LogP contribution in [0.4, 0.5) is 0 Å². The predicted octanol–water partition coefficient (Wildman–Crippen LogP) is 2.04. The summed E-state index contributed by atoms with van der Waals surface area (Å²) in [5.74, 6) is 0.805. The van der Waals surface area contributed by atoms with Gasteiger partial charge in [0.2, 0.25) is 0 Å². The van der Waals surface area contributed by atoms with Crippen molar-refractivity contribution in [1.29, 1.82) is 0 Å². The van der Waals surface area contributed by atoms with Crippen molar-refractivity contribution in [2.24, 2.45) is 5.73 Å². The van der Waals surface area contributed by atoms with Crippen molar-refractivity contribution in [1.82, 2.24) is 4.98 Å². The first kappa shape index (κ1) is 9.49. The van der Waals surface area contributed by atoms with Crippen LogP contribution >= 0.6 is 11.6 Å². The fourth-order valence-corrected chi connectivity index (χ4v) is 1.48. The van der Waals surface area contributed by atoms with E-state index in [1.54, 1.807) is 12.3 Å². The average Bonchev–Trinajstić information content (AvgIpc) is 2.71. The zero-order chi connectivity index (χ0) is 9.97. The molecular weight excluding hydrogens is 200 g/mol. The van der Waals surface area contributed by atoms with Crippen molar-refractivity contribution in [3.63, 3.8) is 0 Å². The maximum atomic E-state index is 5.95. The summed E-state index contributed by atoms with van der Waals surface area (Å²) in [6.07, 6.45) is 4.52. The van der Waals surface area contributed by atoms with Gasteiger partial charge in [-0.2, -0.15) is 0 Å². The number of halogens is 1. The Morgan fingerprint density at radius 2 is 2.36 bits per heavy atom. The van der Waals surface area contributed by atoms with E-state index in [2.05, 4.69) is 4.98 Å². The minimum Gasteiger partial charge on any atom is -0.496 e. The number of rotatable bonds is 2. The predicted molar refractivity (Wildman–Crippen MR) is 54.8 cm³/mol. The van der Waals surface area contributed by atoms with E-state index in [9.17, 15) is 0 Å². The summed E-state index contributed by atoms with van der Waals surface area (Å²) in [5.41, 5.74) is 6.73. The van der Waals surface area contributed by atoms with Gasteiger partial charge in [-0.25, -0.2) is 0 Å². The zero-order valence-corrected chi connectivity index (χ0v) is 8.37. The van der Waals surface area contributed by atoms with Crippen molar-refractivity contribution >= 4 is 11.6 Å². The van der Waals surface area contributed by atoms with Crippen molar-refractivity contribution in [3.8, 4) is 0 Å². The van der Waals surface area contributed by atoms with Crippen LogP contribution < -0.4 is 5.73 Å². The molecule has 0 aliphatic carbocycles. The third kappa shape index (κ3) is 1.89. The number of nitrogens with zero attached hydrogens (tertiary/aromatic N) is 1. The molecule has 2 N–H and O–H groups in total.